The Morgan fingerprint density at radius 2 is 2.05 bits per heavy atom. The van der Waals surface area contributed by atoms with E-state index >= 15 is 0 Å². The van der Waals surface area contributed by atoms with Crippen LogP contribution in [0, 0.1) is 5.92 Å². The van der Waals surface area contributed by atoms with Gasteiger partial charge in [-0.25, -0.2) is 0 Å². The fraction of sp³-hybridized carbons (Fsp3) is 0.429. The molecule has 0 fully saturated rings. The highest BCUT2D eigenvalue weighted by atomic mass is 35.5. The maximum atomic E-state index is 12.7. The zero-order valence-corrected chi connectivity index (χ0v) is 11.1. The summed E-state index contributed by atoms with van der Waals surface area (Å²) in [5.41, 5.74) is -0.325. The van der Waals surface area contributed by atoms with Gasteiger partial charge in [-0.1, -0.05) is 23.8 Å². The van der Waals surface area contributed by atoms with Crippen molar-refractivity contribution in [3.05, 3.63) is 40.9 Å². The average Bonchev–Trinajstić information content (AvgIpc) is 2.37. The largest absolute Gasteiger partial charge is 0.417 e. The number of benzene rings is 1. The SMILES string of the molecule is FC(F)(F)c1cc(NCC2CC=CCC2)ccc1Cl. The number of alkyl halides is 3. The quantitative estimate of drug-likeness (QED) is 0.761. The molecule has 1 aromatic rings. The van der Waals surface area contributed by atoms with Crippen LogP contribution in [0.3, 0.4) is 0 Å². The Kier molecular flexibility index (Phi) is 4.40. The Balaban J connectivity index is 2.03. The maximum absolute atomic E-state index is 12.7. The molecule has 1 aromatic carbocycles. The van der Waals surface area contributed by atoms with Crippen molar-refractivity contribution in [2.75, 3.05) is 11.9 Å². The van der Waals surface area contributed by atoms with E-state index in [1.807, 2.05) is 0 Å². The van der Waals surface area contributed by atoms with Gasteiger partial charge < -0.3 is 5.32 Å². The summed E-state index contributed by atoms with van der Waals surface area (Å²) in [6.45, 7) is 0.684. The van der Waals surface area contributed by atoms with Crippen LogP contribution in [0.25, 0.3) is 0 Å². The number of nitrogens with one attached hydrogen (secondary N) is 1. The van der Waals surface area contributed by atoms with Crippen LogP contribution in [-0.4, -0.2) is 6.54 Å². The first-order chi connectivity index (χ1) is 8.97. The summed E-state index contributed by atoms with van der Waals surface area (Å²) in [6, 6.07) is 3.94. The molecule has 0 spiro atoms. The van der Waals surface area contributed by atoms with Gasteiger partial charge in [0.1, 0.15) is 0 Å². The van der Waals surface area contributed by atoms with E-state index in [0.717, 1.165) is 25.3 Å². The topological polar surface area (TPSA) is 12.0 Å². The van der Waals surface area contributed by atoms with Gasteiger partial charge in [0.15, 0.2) is 0 Å². The molecule has 1 N–H and O–H groups in total. The van der Waals surface area contributed by atoms with Crippen LogP contribution in [0.2, 0.25) is 5.02 Å². The third-order valence-electron chi connectivity index (χ3n) is 3.24. The lowest BCUT2D eigenvalue weighted by molar-refractivity contribution is -0.137. The molecule has 0 saturated carbocycles. The standard InChI is InChI=1S/C14H15ClF3N/c15-13-7-6-11(8-12(13)14(16,17)18)19-9-10-4-2-1-3-5-10/h1-2,6-8,10,19H,3-5,9H2. The van der Waals surface area contributed by atoms with Crippen LogP contribution in [0.1, 0.15) is 24.8 Å². The second-order valence-corrected chi connectivity index (χ2v) is 5.13. The molecule has 0 amide bonds. The van der Waals surface area contributed by atoms with Crippen molar-refractivity contribution in [2.45, 2.75) is 25.4 Å². The smallest absolute Gasteiger partial charge is 0.385 e. The summed E-state index contributed by atoms with van der Waals surface area (Å²) in [4.78, 5) is 0. The van der Waals surface area contributed by atoms with Gasteiger partial charge in [0.2, 0.25) is 0 Å². The summed E-state index contributed by atoms with van der Waals surface area (Å²) in [6.07, 6.45) is 2.94. The van der Waals surface area contributed by atoms with Gasteiger partial charge >= 0.3 is 6.18 Å². The summed E-state index contributed by atoms with van der Waals surface area (Å²) < 4.78 is 38.1. The fourth-order valence-corrected chi connectivity index (χ4v) is 2.38. The van der Waals surface area contributed by atoms with E-state index in [0.29, 0.717) is 18.2 Å². The van der Waals surface area contributed by atoms with Crippen molar-refractivity contribution in [3.8, 4) is 0 Å². The molecule has 0 radical (unpaired) electrons. The monoisotopic (exact) mass is 289 g/mol. The molecule has 1 aliphatic carbocycles. The van der Waals surface area contributed by atoms with Crippen LogP contribution in [0.5, 0.6) is 0 Å². The zero-order valence-electron chi connectivity index (χ0n) is 10.3. The minimum Gasteiger partial charge on any atom is -0.385 e. The first-order valence-corrected chi connectivity index (χ1v) is 6.60. The number of hydrogen-bond acceptors (Lipinski definition) is 1. The Labute approximate surface area is 115 Å². The second-order valence-electron chi connectivity index (χ2n) is 4.72. The van der Waals surface area contributed by atoms with E-state index in [1.54, 1.807) is 6.07 Å². The van der Waals surface area contributed by atoms with E-state index in [4.69, 9.17) is 11.6 Å². The minimum absolute atomic E-state index is 0.265. The predicted octanol–water partition coefficient (Wildman–Crippen LogP) is 5.13. The van der Waals surface area contributed by atoms with Gasteiger partial charge in [0.25, 0.3) is 0 Å². The van der Waals surface area contributed by atoms with E-state index in [9.17, 15) is 13.2 Å². The number of halogens is 4. The lowest BCUT2D eigenvalue weighted by Crippen LogP contribution is -2.16. The molecule has 1 nitrogen and oxygen atoms in total. The molecule has 104 valence electrons. The minimum atomic E-state index is -4.41. The van der Waals surface area contributed by atoms with Crippen LogP contribution in [0.15, 0.2) is 30.4 Å². The Morgan fingerprint density at radius 1 is 1.26 bits per heavy atom. The Morgan fingerprint density at radius 3 is 2.68 bits per heavy atom. The normalized spacial score (nSPS) is 19.5. The number of rotatable bonds is 3. The number of anilines is 1. The summed E-state index contributed by atoms with van der Waals surface area (Å²) in [5, 5.41) is 2.80. The van der Waals surface area contributed by atoms with Crippen molar-refractivity contribution in [1.82, 2.24) is 0 Å². The lowest BCUT2D eigenvalue weighted by atomic mass is 9.94. The maximum Gasteiger partial charge on any atom is 0.417 e. The molecule has 5 heteroatoms. The van der Waals surface area contributed by atoms with Crippen molar-refractivity contribution in [3.63, 3.8) is 0 Å². The summed E-state index contributed by atoms with van der Waals surface area (Å²) in [7, 11) is 0. The second kappa shape index (κ2) is 5.87. The fourth-order valence-electron chi connectivity index (χ4n) is 2.16. The van der Waals surface area contributed by atoms with Crippen LogP contribution in [0.4, 0.5) is 18.9 Å². The summed E-state index contributed by atoms with van der Waals surface area (Å²) in [5.74, 6) is 0.481. The van der Waals surface area contributed by atoms with Gasteiger partial charge in [-0.05, 0) is 43.4 Å². The molecule has 0 bridgehead atoms. The third-order valence-corrected chi connectivity index (χ3v) is 3.57. The van der Waals surface area contributed by atoms with Gasteiger partial charge in [-0.2, -0.15) is 13.2 Å². The molecule has 1 atom stereocenters. The van der Waals surface area contributed by atoms with Gasteiger partial charge in [-0.3, -0.25) is 0 Å². The highest BCUT2D eigenvalue weighted by molar-refractivity contribution is 6.31. The van der Waals surface area contributed by atoms with Crippen molar-refractivity contribution < 1.29 is 13.2 Å². The highest BCUT2D eigenvalue weighted by Gasteiger charge is 2.33. The molecular formula is C14H15ClF3N. The molecule has 0 aromatic heterocycles. The lowest BCUT2D eigenvalue weighted by Gasteiger charge is -2.19. The van der Waals surface area contributed by atoms with E-state index in [2.05, 4.69) is 17.5 Å². The molecule has 1 unspecified atom stereocenters. The third kappa shape index (κ3) is 3.90. The zero-order chi connectivity index (χ0) is 13.9. The van der Waals surface area contributed by atoms with Crippen molar-refractivity contribution in [1.29, 1.82) is 0 Å². The van der Waals surface area contributed by atoms with E-state index in [-0.39, 0.29) is 5.02 Å². The van der Waals surface area contributed by atoms with Crippen LogP contribution < -0.4 is 5.32 Å². The predicted molar refractivity (Wildman–Crippen MR) is 71.4 cm³/mol. The molecule has 2 rings (SSSR count). The van der Waals surface area contributed by atoms with Gasteiger partial charge in [0, 0.05) is 12.2 Å². The van der Waals surface area contributed by atoms with E-state index in [1.165, 1.54) is 6.07 Å². The Bertz CT molecular complexity index is 468. The molecule has 0 aliphatic heterocycles. The first-order valence-electron chi connectivity index (χ1n) is 6.22. The molecule has 0 saturated heterocycles. The molecule has 19 heavy (non-hydrogen) atoms. The summed E-state index contributed by atoms with van der Waals surface area (Å²) >= 11 is 5.57. The molecular weight excluding hydrogens is 275 g/mol. The highest BCUT2D eigenvalue weighted by Crippen LogP contribution is 2.36. The van der Waals surface area contributed by atoms with Gasteiger partial charge in [0.05, 0.1) is 10.6 Å². The van der Waals surface area contributed by atoms with Crippen LogP contribution >= 0.6 is 11.6 Å². The van der Waals surface area contributed by atoms with Crippen LogP contribution in [-0.2, 0) is 6.18 Å². The van der Waals surface area contributed by atoms with Crippen molar-refractivity contribution in [2.24, 2.45) is 5.92 Å². The van der Waals surface area contributed by atoms with Gasteiger partial charge in [-0.15, -0.1) is 0 Å². The molecule has 1 aliphatic rings. The molecule has 0 heterocycles. The van der Waals surface area contributed by atoms with E-state index < -0.39 is 11.7 Å². The first kappa shape index (κ1) is 14.3. The number of hydrogen-bond donors (Lipinski definition) is 1. The number of allylic oxidation sites excluding steroid dienone is 2. The van der Waals surface area contributed by atoms with Crippen molar-refractivity contribution >= 4 is 17.3 Å². The average molecular weight is 290 g/mol. The Hall–Kier alpha value is -1.16.